The first-order valence-corrected chi connectivity index (χ1v) is 7.48. The molecule has 2 unspecified atom stereocenters. The first-order valence-electron chi connectivity index (χ1n) is 7.48. The van der Waals surface area contributed by atoms with Gasteiger partial charge in [0.25, 0.3) is 0 Å². The lowest BCUT2D eigenvalue weighted by atomic mass is 9.92. The fourth-order valence-electron chi connectivity index (χ4n) is 2.80. The smallest absolute Gasteiger partial charge is 0.365 e. The van der Waals surface area contributed by atoms with Gasteiger partial charge in [0.1, 0.15) is 0 Å². The highest BCUT2D eigenvalue weighted by molar-refractivity contribution is 5.51. The number of piperazine rings is 1. The highest BCUT2D eigenvalue weighted by Crippen LogP contribution is 2.33. The monoisotopic (exact) mass is 300 g/mol. The highest BCUT2D eigenvalue weighted by atomic mass is 19.4. The Kier molecular flexibility index (Phi) is 4.51. The van der Waals surface area contributed by atoms with E-state index in [9.17, 15) is 13.2 Å². The Bertz CT molecular complexity index is 487. The number of hydrogen-bond donors (Lipinski definition) is 1. The van der Waals surface area contributed by atoms with Crippen molar-refractivity contribution >= 4 is 5.69 Å². The number of alkyl halides is 3. The quantitative estimate of drug-likeness (QED) is 0.905. The molecule has 0 aromatic heterocycles. The van der Waals surface area contributed by atoms with Crippen LogP contribution in [0.25, 0.3) is 0 Å². The summed E-state index contributed by atoms with van der Waals surface area (Å²) in [4.78, 5) is 2.12. The van der Waals surface area contributed by atoms with Gasteiger partial charge in [0, 0.05) is 30.4 Å². The Balaban J connectivity index is 2.33. The van der Waals surface area contributed by atoms with Gasteiger partial charge in [-0.15, -0.1) is 0 Å². The molecule has 1 aliphatic heterocycles. The van der Waals surface area contributed by atoms with Gasteiger partial charge >= 0.3 is 6.18 Å². The minimum absolute atomic E-state index is 0.0556. The maximum atomic E-state index is 12.9. The van der Waals surface area contributed by atoms with Gasteiger partial charge in [-0.3, -0.25) is 0 Å². The molecule has 21 heavy (non-hydrogen) atoms. The van der Waals surface area contributed by atoms with Crippen LogP contribution in [0.4, 0.5) is 18.9 Å². The molecular weight excluding hydrogens is 277 g/mol. The molecule has 1 N–H and O–H groups in total. The summed E-state index contributed by atoms with van der Waals surface area (Å²) < 4.78 is 38.7. The molecule has 1 saturated heterocycles. The Hall–Kier alpha value is -1.23. The number of halogens is 3. The normalized spacial score (nSPS) is 27.0. The topological polar surface area (TPSA) is 15.3 Å². The average Bonchev–Trinajstić information content (AvgIpc) is 2.46. The lowest BCUT2D eigenvalue weighted by Gasteiger charge is -2.47. The van der Waals surface area contributed by atoms with Gasteiger partial charge in [-0.05, 0) is 38.0 Å². The molecule has 118 valence electrons. The van der Waals surface area contributed by atoms with E-state index in [1.807, 2.05) is 0 Å². The van der Waals surface area contributed by atoms with Crippen molar-refractivity contribution in [3.8, 4) is 0 Å². The molecule has 1 aliphatic rings. The van der Waals surface area contributed by atoms with E-state index < -0.39 is 11.7 Å². The van der Waals surface area contributed by atoms with Crippen LogP contribution < -0.4 is 10.2 Å². The van der Waals surface area contributed by atoms with Crippen molar-refractivity contribution in [2.75, 3.05) is 18.0 Å². The van der Waals surface area contributed by atoms with E-state index in [0.29, 0.717) is 5.69 Å². The summed E-state index contributed by atoms with van der Waals surface area (Å²) in [5.41, 5.74) is 0.0318. The second kappa shape index (κ2) is 5.87. The SMILES string of the molecule is CCC1CNC(C)(CC)CN1c1cccc(C(F)(F)F)c1. The molecule has 1 heterocycles. The molecule has 1 aromatic rings. The first kappa shape index (κ1) is 16.1. The fraction of sp³-hybridized carbons (Fsp3) is 0.625. The van der Waals surface area contributed by atoms with E-state index in [4.69, 9.17) is 0 Å². The van der Waals surface area contributed by atoms with Crippen LogP contribution in [-0.2, 0) is 6.18 Å². The largest absolute Gasteiger partial charge is 0.416 e. The Morgan fingerprint density at radius 2 is 2.05 bits per heavy atom. The number of anilines is 1. The Morgan fingerprint density at radius 1 is 1.33 bits per heavy atom. The molecule has 2 atom stereocenters. The molecule has 0 amide bonds. The zero-order chi connectivity index (χ0) is 15.7. The molecule has 0 aliphatic carbocycles. The van der Waals surface area contributed by atoms with Gasteiger partial charge in [-0.1, -0.05) is 19.9 Å². The van der Waals surface area contributed by atoms with E-state index in [-0.39, 0.29) is 11.6 Å². The summed E-state index contributed by atoms with van der Waals surface area (Å²) >= 11 is 0. The van der Waals surface area contributed by atoms with E-state index in [1.165, 1.54) is 12.1 Å². The van der Waals surface area contributed by atoms with Gasteiger partial charge in [-0.2, -0.15) is 13.2 Å². The minimum atomic E-state index is -4.29. The third kappa shape index (κ3) is 3.51. The fourth-order valence-corrected chi connectivity index (χ4v) is 2.80. The molecule has 1 fully saturated rings. The second-order valence-electron chi connectivity index (χ2n) is 6.03. The van der Waals surface area contributed by atoms with Gasteiger partial charge in [-0.25, -0.2) is 0 Å². The summed E-state index contributed by atoms with van der Waals surface area (Å²) in [7, 11) is 0. The number of benzene rings is 1. The van der Waals surface area contributed by atoms with Crippen molar-refractivity contribution in [2.24, 2.45) is 0 Å². The van der Waals surface area contributed by atoms with Crippen molar-refractivity contribution in [3.05, 3.63) is 29.8 Å². The summed E-state index contributed by atoms with van der Waals surface area (Å²) in [6, 6.07) is 5.90. The summed E-state index contributed by atoms with van der Waals surface area (Å²) in [6.07, 6.45) is -2.44. The molecule has 0 saturated carbocycles. The van der Waals surface area contributed by atoms with Crippen LogP contribution in [0.1, 0.15) is 39.2 Å². The van der Waals surface area contributed by atoms with Gasteiger partial charge in [0.15, 0.2) is 0 Å². The summed E-state index contributed by atoms with van der Waals surface area (Å²) in [5, 5.41) is 3.53. The lowest BCUT2D eigenvalue weighted by molar-refractivity contribution is -0.137. The molecule has 5 heteroatoms. The van der Waals surface area contributed by atoms with Crippen molar-refractivity contribution < 1.29 is 13.2 Å². The van der Waals surface area contributed by atoms with Crippen LogP contribution >= 0.6 is 0 Å². The lowest BCUT2D eigenvalue weighted by Crippen LogP contribution is -2.62. The summed E-state index contributed by atoms with van der Waals surface area (Å²) in [5.74, 6) is 0. The predicted octanol–water partition coefficient (Wildman–Crippen LogP) is 4.06. The number of rotatable bonds is 3. The minimum Gasteiger partial charge on any atom is -0.365 e. The van der Waals surface area contributed by atoms with Crippen molar-refractivity contribution in [1.82, 2.24) is 5.32 Å². The molecule has 1 aromatic carbocycles. The van der Waals surface area contributed by atoms with Crippen molar-refractivity contribution in [1.29, 1.82) is 0 Å². The van der Waals surface area contributed by atoms with Gasteiger partial charge in [0.2, 0.25) is 0 Å². The van der Waals surface area contributed by atoms with Crippen LogP contribution in [0.2, 0.25) is 0 Å². The molecular formula is C16H23F3N2. The molecule has 2 rings (SSSR count). The number of hydrogen-bond acceptors (Lipinski definition) is 2. The van der Waals surface area contributed by atoms with Crippen LogP contribution in [-0.4, -0.2) is 24.7 Å². The number of nitrogens with zero attached hydrogens (tertiary/aromatic N) is 1. The maximum absolute atomic E-state index is 12.9. The highest BCUT2D eigenvalue weighted by Gasteiger charge is 2.35. The third-order valence-electron chi connectivity index (χ3n) is 4.48. The maximum Gasteiger partial charge on any atom is 0.416 e. The Morgan fingerprint density at radius 3 is 2.62 bits per heavy atom. The molecule has 2 nitrogen and oxygen atoms in total. The third-order valence-corrected chi connectivity index (χ3v) is 4.48. The average molecular weight is 300 g/mol. The van der Waals surface area contributed by atoms with Crippen molar-refractivity contribution in [3.63, 3.8) is 0 Å². The van der Waals surface area contributed by atoms with Crippen LogP contribution in [0.5, 0.6) is 0 Å². The van der Waals surface area contributed by atoms with Crippen LogP contribution in [0.3, 0.4) is 0 Å². The van der Waals surface area contributed by atoms with Crippen LogP contribution in [0.15, 0.2) is 24.3 Å². The zero-order valence-electron chi connectivity index (χ0n) is 12.8. The van der Waals surface area contributed by atoms with Crippen molar-refractivity contribution in [2.45, 2.75) is 51.4 Å². The van der Waals surface area contributed by atoms with Gasteiger partial charge < -0.3 is 10.2 Å². The predicted molar refractivity (Wildman–Crippen MR) is 79.6 cm³/mol. The molecule has 0 spiro atoms. The zero-order valence-corrected chi connectivity index (χ0v) is 12.8. The van der Waals surface area contributed by atoms with E-state index in [0.717, 1.165) is 32.0 Å². The van der Waals surface area contributed by atoms with E-state index in [1.54, 1.807) is 6.07 Å². The van der Waals surface area contributed by atoms with E-state index >= 15 is 0 Å². The summed E-state index contributed by atoms with van der Waals surface area (Å²) in [6.45, 7) is 7.82. The first-order chi connectivity index (χ1) is 9.79. The molecule has 0 bridgehead atoms. The molecule has 0 radical (unpaired) electrons. The Labute approximate surface area is 124 Å². The second-order valence-corrected chi connectivity index (χ2v) is 6.03. The number of nitrogens with one attached hydrogen (secondary N) is 1. The standard InChI is InChI=1S/C16H23F3N2/c1-4-13-10-20-15(3,5-2)11-21(13)14-8-6-7-12(9-14)16(17,18)19/h6-9,13,20H,4-5,10-11H2,1-3H3. The van der Waals surface area contributed by atoms with E-state index in [2.05, 4.69) is 31.0 Å². The van der Waals surface area contributed by atoms with Gasteiger partial charge in [0.05, 0.1) is 5.56 Å². The van der Waals surface area contributed by atoms with Crippen LogP contribution in [0, 0.1) is 0 Å².